The second kappa shape index (κ2) is 5.49. The number of carbonyl (C=O) groups excluding carboxylic acids is 1. The Labute approximate surface area is 113 Å². The molecule has 2 aromatic rings. The maximum Gasteiger partial charge on any atom is 0.270 e. The Bertz CT molecular complexity index is 580. The highest BCUT2D eigenvalue weighted by atomic mass is 79.9. The second-order valence-corrected chi connectivity index (χ2v) is 4.87. The molecule has 0 aliphatic carbocycles. The lowest BCUT2D eigenvalue weighted by atomic mass is 10.3. The largest absolute Gasteiger partial charge is 0.396 e. The Morgan fingerprint density at radius 2 is 2.33 bits per heavy atom. The molecule has 2 rings (SSSR count). The van der Waals surface area contributed by atoms with Gasteiger partial charge in [0.1, 0.15) is 11.3 Å². The van der Waals surface area contributed by atoms with Crippen molar-refractivity contribution in [3.05, 3.63) is 34.2 Å². The summed E-state index contributed by atoms with van der Waals surface area (Å²) in [6.45, 7) is 2.33. The van der Waals surface area contributed by atoms with Crippen LogP contribution in [0, 0.1) is 6.92 Å². The number of nitrogens with one attached hydrogen (secondary N) is 1. The molecule has 0 aliphatic heterocycles. The zero-order valence-corrected chi connectivity index (χ0v) is 11.6. The quantitative estimate of drug-likeness (QED) is 0.841. The first-order valence-corrected chi connectivity index (χ1v) is 6.46. The van der Waals surface area contributed by atoms with Crippen molar-refractivity contribution >= 4 is 27.5 Å². The summed E-state index contributed by atoms with van der Waals surface area (Å²) in [6.07, 6.45) is 2.36. The molecule has 0 unspecified atom stereocenters. The molecule has 0 aliphatic rings. The molecule has 1 amide bonds. The van der Waals surface area contributed by atoms with E-state index in [9.17, 15) is 4.79 Å². The molecular formula is C12H14BrN3O2. The van der Waals surface area contributed by atoms with Crippen LogP contribution >= 0.6 is 15.9 Å². The van der Waals surface area contributed by atoms with Gasteiger partial charge in [0.15, 0.2) is 0 Å². The lowest BCUT2D eigenvalue weighted by Crippen LogP contribution is -2.26. The number of halogens is 1. The molecule has 0 aromatic carbocycles. The van der Waals surface area contributed by atoms with Gasteiger partial charge >= 0.3 is 0 Å². The van der Waals surface area contributed by atoms with Gasteiger partial charge in [0, 0.05) is 23.8 Å². The van der Waals surface area contributed by atoms with Gasteiger partial charge in [-0.1, -0.05) is 0 Å². The van der Waals surface area contributed by atoms with Crippen LogP contribution in [-0.2, 0) is 0 Å². The minimum absolute atomic E-state index is 0.0674. The van der Waals surface area contributed by atoms with Crippen molar-refractivity contribution in [1.29, 1.82) is 0 Å². The molecule has 2 aromatic heterocycles. The van der Waals surface area contributed by atoms with E-state index in [1.807, 2.05) is 25.3 Å². The number of pyridine rings is 1. The van der Waals surface area contributed by atoms with Crippen molar-refractivity contribution in [2.45, 2.75) is 13.3 Å². The van der Waals surface area contributed by atoms with E-state index in [4.69, 9.17) is 5.11 Å². The van der Waals surface area contributed by atoms with Crippen molar-refractivity contribution in [1.82, 2.24) is 14.7 Å². The summed E-state index contributed by atoms with van der Waals surface area (Å²) >= 11 is 3.38. The van der Waals surface area contributed by atoms with E-state index in [-0.39, 0.29) is 12.5 Å². The molecule has 96 valence electrons. The lowest BCUT2D eigenvalue weighted by Gasteiger charge is -2.05. The number of aliphatic hydroxyl groups is 1. The highest BCUT2D eigenvalue weighted by Gasteiger charge is 2.15. The third-order valence-corrected chi connectivity index (χ3v) is 3.06. The molecule has 0 atom stereocenters. The summed E-state index contributed by atoms with van der Waals surface area (Å²) in [7, 11) is 0. The summed E-state index contributed by atoms with van der Waals surface area (Å²) < 4.78 is 2.64. The second-order valence-electron chi connectivity index (χ2n) is 3.95. The Hall–Kier alpha value is -1.40. The third kappa shape index (κ3) is 2.54. The van der Waals surface area contributed by atoms with Gasteiger partial charge in [0.2, 0.25) is 0 Å². The van der Waals surface area contributed by atoms with Crippen LogP contribution in [0.2, 0.25) is 0 Å². The maximum atomic E-state index is 12.1. The van der Waals surface area contributed by atoms with Gasteiger partial charge in [-0.15, -0.1) is 0 Å². The normalized spacial score (nSPS) is 10.8. The van der Waals surface area contributed by atoms with Gasteiger partial charge in [-0.3, -0.25) is 9.20 Å². The zero-order valence-electron chi connectivity index (χ0n) is 9.98. The first-order valence-electron chi connectivity index (χ1n) is 5.66. The molecular weight excluding hydrogens is 298 g/mol. The SMILES string of the molecule is Cc1nc2ccc(Br)cn2c1C(=O)NCCCO. The number of imidazole rings is 1. The van der Waals surface area contributed by atoms with Crippen LogP contribution in [0.3, 0.4) is 0 Å². The molecule has 5 nitrogen and oxygen atoms in total. The highest BCUT2D eigenvalue weighted by molar-refractivity contribution is 9.10. The maximum absolute atomic E-state index is 12.1. The number of amides is 1. The standard InChI is InChI=1S/C12H14BrN3O2/c1-8-11(12(18)14-5-2-6-17)16-7-9(13)3-4-10(16)15-8/h3-4,7,17H,2,5-6H2,1H3,(H,14,18). The molecule has 0 saturated carbocycles. The highest BCUT2D eigenvalue weighted by Crippen LogP contribution is 2.16. The van der Waals surface area contributed by atoms with Gasteiger partial charge in [0.25, 0.3) is 5.91 Å². The van der Waals surface area contributed by atoms with E-state index >= 15 is 0 Å². The minimum atomic E-state index is -0.174. The average Bonchev–Trinajstić information content (AvgIpc) is 2.64. The summed E-state index contributed by atoms with van der Waals surface area (Å²) in [4.78, 5) is 16.4. The number of carbonyl (C=O) groups is 1. The number of fused-ring (bicyclic) bond motifs is 1. The van der Waals surface area contributed by atoms with Gasteiger partial charge in [0.05, 0.1) is 5.69 Å². The van der Waals surface area contributed by atoms with Crippen molar-refractivity contribution in [2.75, 3.05) is 13.2 Å². The van der Waals surface area contributed by atoms with Gasteiger partial charge < -0.3 is 10.4 Å². The van der Waals surface area contributed by atoms with Crippen molar-refractivity contribution in [3.8, 4) is 0 Å². The molecule has 0 spiro atoms. The lowest BCUT2D eigenvalue weighted by molar-refractivity contribution is 0.0944. The number of hydrogen-bond acceptors (Lipinski definition) is 3. The van der Waals surface area contributed by atoms with Crippen LogP contribution in [0.1, 0.15) is 22.6 Å². The first-order chi connectivity index (χ1) is 8.63. The van der Waals surface area contributed by atoms with Crippen LogP contribution in [0.15, 0.2) is 22.8 Å². The van der Waals surface area contributed by atoms with Gasteiger partial charge in [-0.25, -0.2) is 4.98 Å². The van der Waals surface area contributed by atoms with Crippen LogP contribution in [0.25, 0.3) is 5.65 Å². The van der Waals surface area contributed by atoms with Crippen LogP contribution < -0.4 is 5.32 Å². The molecule has 0 radical (unpaired) electrons. The number of aromatic nitrogens is 2. The molecule has 2 heterocycles. The van der Waals surface area contributed by atoms with Crippen LogP contribution in [0.5, 0.6) is 0 Å². The molecule has 0 bridgehead atoms. The Balaban J connectivity index is 2.34. The summed E-state index contributed by atoms with van der Waals surface area (Å²) in [5, 5.41) is 11.5. The fourth-order valence-electron chi connectivity index (χ4n) is 1.77. The Morgan fingerprint density at radius 3 is 3.06 bits per heavy atom. The Kier molecular flexibility index (Phi) is 3.98. The van der Waals surface area contributed by atoms with Crippen molar-refractivity contribution in [3.63, 3.8) is 0 Å². The molecule has 0 fully saturated rings. The Morgan fingerprint density at radius 1 is 1.56 bits per heavy atom. The minimum Gasteiger partial charge on any atom is -0.396 e. The smallest absolute Gasteiger partial charge is 0.270 e. The van der Waals surface area contributed by atoms with Crippen LogP contribution in [-0.4, -0.2) is 33.6 Å². The van der Waals surface area contributed by atoms with E-state index in [1.54, 1.807) is 4.40 Å². The van der Waals surface area contributed by atoms with Crippen molar-refractivity contribution in [2.24, 2.45) is 0 Å². The molecule has 2 N–H and O–H groups in total. The van der Waals surface area contributed by atoms with E-state index < -0.39 is 0 Å². The van der Waals surface area contributed by atoms with Gasteiger partial charge in [-0.2, -0.15) is 0 Å². The number of aryl methyl sites for hydroxylation is 1. The summed E-state index contributed by atoms with van der Waals surface area (Å²) in [5.74, 6) is -0.174. The van der Waals surface area contributed by atoms with E-state index in [1.165, 1.54) is 0 Å². The average molecular weight is 312 g/mol. The van der Waals surface area contributed by atoms with Crippen molar-refractivity contribution < 1.29 is 9.90 Å². The fraction of sp³-hybridized carbons (Fsp3) is 0.333. The molecule has 6 heteroatoms. The number of hydrogen-bond donors (Lipinski definition) is 2. The first kappa shape index (κ1) is 13.0. The zero-order chi connectivity index (χ0) is 13.1. The summed E-state index contributed by atoms with van der Waals surface area (Å²) in [6, 6.07) is 3.73. The predicted octanol–water partition coefficient (Wildman–Crippen LogP) is 1.52. The predicted molar refractivity (Wildman–Crippen MR) is 71.7 cm³/mol. The topological polar surface area (TPSA) is 66.6 Å². The fourth-order valence-corrected chi connectivity index (χ4v) is 2.11. The monoisotopic (exact) mass is 311 g/mol. The van der Waals surface area contributed by atoms with Crippen LogP contribution in [0.4, 0.5) is 0 Å². The van der Waals surface area contributed by atoms with E-state index in [2.05, 4.69) is 26.2 Å². The van der Waals surface area contributed by atoms with Gasteiger partial charge in [-0.05, 0) is 41.4 Å². The number of nitrogens with zero attached hydrogens (tertiary/aromatic N) is 2. The van der Waals surface area contributed by atoms with E-state index in [0.717, 1.165) is 10.1 Å². The number of rotatable bonds is 4. The number of aliphatic hydroxyl groups excluding tert-OH is 1. The van der Waals surface area contributed by atoms with E-state index in [0.29, 0.717) is 24.4 Å². The summed E-state index contributed by atoms with van der Waals surface area (Å²) in [5.41, 5.74) is 1.96. The molecule has 0 saturated heterocycles. The molecule has 18 heavy (non-hydrogen) atoms. The third-order valence-electron chi connectivity index (χ3n) is 2.59.